The van der Waals surface area contributed by atoms with Crippen molar-refractivity contribution in [3.05, 3.63) is 102 Å². The quantitative estimate of drug-likeness (QED) is 0.559. The minimum Gasteiger partial charge on any atom is -0.380 e. The molecule has 0 radical (unpaired) electrons. The fraction of sp³-hybridized carbons (Fsp3) is 0.125. The van der Waals surface area contributed by atoms with Gasteiger partial charge in [-0.3, -0.25) is 4.79 Å². The first-order chi connectivity index (χ1) is 13.8. The molecule has 1 aliphatic rings. The number of hydrogen-bond donors (Lipinski definition) is 1. The van der Waals surface area contributed by atoms with Crippen LogP contribution in [-0.4, -0.2) is 12.9 Å². The minimum absolute atomic E-state index is 0.0673. The maximum absolute atomic E-state index is 12.5. The number of fused-ring (bicyclic) bond motifs is 1. The predicted octanol–water partition coefficient (Wildman–Crippen LogP) is 4.10. The van der Waals surface area contributed by atoms with Gasteiger partial charge in [-0.15, -0.1) is 5.92 Å². The number of anilines is 1. The second-order valence-corrected chi connectivity index (χ2v) is 6.81. The summed E-state index contributed by atoms with van der Waals surface area (Å²) < 4.78 is 0. The van der Waals surface area contributed by atoms with E-state index < -0.39 is 0 Å². The Bertz CT molecular complexity index is 1010. The average molecular weight is 364 g/mol. The van der Waals surface area contributed by atoms with Gasteiger partial charge in [0.15, 0.2) is 0 Å². The number of nitrogens with zero attached hydrogens (tertiary/aromatic N) is 1. The van der Waals surface area contributed by atoms with E-state index in [1.807, 2.05) is 60.7 Å². The third-order valence-electron chi connectivity index (χ3n) is 4.85. The molecule has 4 heteroatoms. The summed E-state index contributed by atoms with van der Waals surface area (Å²) in [5, 5.41) is 3.05. The van der Waals surface area contributed by atoms with Crippen molar-refractivity contribution in [3.8, 4) is 11.7 Å². The Balaban J connectivity index is 1.56. The van der Waals surface area contributed by atoms with Crippen LogP contribution in [0.3, 0.4) is 0 Å². The van der Waals surface area contributed by atoms with Gasteiger partial charge in [0.1, 0.15) is 0 Å². The van der Waals surface area contributed by atoms with Crippen LogP contribution in [0.1, 0.15) is 27.9 Å². The van der Waals surface area contributed by atoms with Crippen molar-refractivity contribution in [2.45, 2.75) is 19.4 Å². The van der Waals surface area contributed by atoms with Crippen LogP contribution in [0.2, 0.25) is 0 Å². The van der Waals surface area contributed by atoms with E-state index >= 15 is 0 Å². The first-order valence-electron chi connectivity index (χ1n) is 9.54. The number of carbonyl (C=O) groups excluding carboxylic acids is 1. The Morgan fingerprint density at radius 1 is 0.821 bits per heavy atom. The van der Waals surface area contributed by atoms with Gasteiger partial charge in [0.2, 0.25) is 5.91 Å². The van der Waals surface area contributed by atoms with Gasteiger partial charge in [-0.25, -0.2) is 0 Å². The molecule has 0 atom stereocenters. The Morgan fingerprint density at radius 2 is 1.46 bits per heavy atom. The van der Waals surface area contributed by atoms with E-state index in [4.69, 9.17) is 0 Å². The van der Waals surface area contributed by atoms with Crippen molar-refractivity contribution in [2.75, 3.05) is 4.81 Å². The zero-order valence-electron chi connectivity index (χ0n) is 15.6. The van der Waals surface area contributed by atoms with Crippen molar-refractivity contribution >= 4 is 18.6 Å². The van der Waals surface area contributed by atoms with Gasteiger partial charge in [-0.05, 0) is 29.7 Å². The van der Waals surface area contributed by atoms with Crippen LogP contribution in [-0.2, 0) is 13.0 Å². The molecule has 0 saturated carbocycles. The van der Waals surface area contributed by atoms with Gasteiger partial charge in [0.25, 0.3) is 0 Å². The molecular formula is C24H21BN2O. The normalized spacial score (nSPS) is 12.6. The summed E-state index contributed by atoms with van der Waals surface area (Å²) in [6.45, 7) is 0.356. The summed E-state index contributed by atoms with van der Waals surface area (Å²) in [6.07, 6.45) is 1.67. The lowest BCUT2D eigenvalue weighted by Crippen LogP contribution is -2.56. The topological polar surface area (TPSA) is 32.3 Å². The van der Waals surface area contributed by atoms with Gasteiger partial charge < -0.3 is 10.0 Å². The number of para-hydroxylation sites is 1. The fourth-order valence-corrected chi connectivity index (χ4v) is 3.43. The van der Waals surface area contributed by atoms with Crippen LogP contribution in [0.15, 0.2) is 84.9 Å². The van der Waals surface area contributed by atoms with Crippen LogP contribution in [0.25, 0.3) is 0 Å². The minimum atomic E-state index is -0.335. The Labute approximate surface area is 166 Å². The molecule has 3 aromatic rings. The van der Waals surface area contributed by atoms with Crippen molar-refractivity contribution in [1.82, 2.24) is 5.23 Å². The maximum atomic E-state index is 12.5. The number of rotatable bonds is 4. The highest BCUT2D eigenvalue weighted by Gasteiger charge is 2.33. The highest BCUT2D eigenvalue weighted by Crippen LogP contribution is 2.26. The number of amides is 1. The van der Waals surface area contributed by atoms with E-state index in [0.717, 1.165) is 18.5 Å². The van der Waals surface area contributed by atoms with Gasteiger partial charge in [0.05, 0.1) is 5.56 Å². The number of nitrogens with one attached hydrogen (secondary N) is 1. The third-order valence-corrected chi connectivity index (χ3v) is 4.85. The van der Waals surface area contributed by atoms with Crippen molar-refractivity contribution in [2.24, 2.45) is 0 Å². The maximum Gasteiger partial charge on any atom is 0.465 e. The fourth-order valence-electron chi connectivity index (χ4n) is 3.43. The first kappa shape index (κ1) is 17.9. The number of benzene rings is 3. The largest absolute Gasteiger partial charge is 0.465 e. The standard InChI is InChI=1S/C24H21BN2O/c28-24-22-16-7-8-17-23(22)27(19-21-14-5-2-6-15-21)25(26-24)18-10-9-13-20-11-3-1-4-12-20/h1-8,11-12,14-17H,9,13,19H2,(H,26,28). The Morgan fingerprint density at radius 3 is 2.21 bits per heavy atom. The van der Waals surface area contributed by atoms with E-state index in [0.29, 0.717) is 12.1 Å². The lowest BCUT2D eigenvalue weighted by atomic mass is 9.71. The molecule has 1 N–H and O–H groups in total. The van der Waals surface area contributed by atoms with Crippen LogP contribution < -0.4 is 10.0 Å². The summed E-state index contributed by atoms with van der Waals surface area (Å²) in [5.74, 6) is 6.47. The zero-order valence-corrected chi connectivity index (χ0v) is 15.6. The molecule has 28 heavy (non-hydrogen) atoms. The molecule has 1 aliphatic heterocycles. The van der Waals surface area contributed by atoms with E-state index in [9.17, 15) is 4.79 Å². The summed E-state index contributed by atoms with van der Waals surface area (Å²) in [4.78, 5) is 14.7. The molecule has 136 valence electrons. The molecule has 0 aliphatic carbocycles. The van der Waals surface area contributed by atoms with Crippen LogP contribution >= 0.6 is 0 Å². The zero-order chi connectivity index (χ0) is 19.2. The predicted molar refractivity (Wildman–Crippen MR) is 115 cm³/mol. The lowest BCUT2D eigenvalue weighted by Gasteiger charge is -2.34. The van der Waals surface area contributed by atoms with E-state index in [-0.39, 0.29) is 12.9 Å². The molecule has 0 bridgehead atoms. The average Bonchev–Trinajstić information content (AvgIpc) is 2.75. The second-order valence-electron chi connectivity index (χ2n) is 6.81. The molecule has 3 aromatic carbocycles. The van der Waals surface area contributed by atoms with E-state index in [2.05, 4.69) is 46.0 Å². The Hall–Kier alpha value is -3.45. The first-order valence-corrected chi connectivity index (χ1v) is 9.54. The van der Waals surface area contributed by atoms with E-state index in [1.54, 1.807) is 0 Å². The highest BCUT2D eigenvalue weighted by molar-refractivity contribution is 6.72. The molecular weight excluding hydrogens is 343 g/mol. The summed E-state index contributed by atoms with van der Waals surface area (Å²) in [5.41, 5.74) is 4.08. The van der Waals surface area contributed by atoms with Gasteiger partial charge >= 0.3 is 6.98 Å². The van der Waals surface area contributed by atoms with Crippen LogP contribution in [0.5, 0.6) is 0 Å². The smallest absolute Gasteiger partial charge is 0.380 e. The number of aryl methyl sites for hydroxylation is 1. The molecule has 0 fully saturated rings. The van der Waals surface area contributed by atoms with E-state index in [1.165, 1.54) is 11.1 Å². The van der Waals surface area contributed by atoms with Crippen molar-refractivity contribution in [3.63, 3.8) is 0 Å². The molecule has 0 unspecified atom stereocenters. The molecule has 0 saturated heterocycles. The van der Waals surface area contributed by atoms with Crippen LogP contribution in [0.4, 0.5) is 5.69 Å². The summed E-state index contributed by atoms with van der Waals surface area (Å²) >= 11 is 0. The van der Waals surface area contributed by atoms with Crippen LogP contribution in [0, 0.1) is 11.7 Å². The summed E-state index contributed by atoms with van der Waals surface area (Å²) in [7, 11) is 0. The molecule has 0 aromatic heterocycles. The molecule has 4 rings (SSSR count). The van der Waals surface area contributed by atoms with Gasteiger partial charge in [0, 0.05) is 18.7 Å². The van der Waals surface area contributed by atoms with Gasteiger partial charge in [-0.1, -0.05) is 78.6 Å². The molecule has 1 amide bonds. The number of hydrogen-bond acceptors (Lipinski definition) is 2. The SMILES string of the molecule is O=C1NB(C#CCCc2ccccc2)N(Cc2ccccc2)c2ccccc21. The van der Waals surface area contributed by atoms with Crippen molar-refractivity contribution < 1.29 is 4.79 Å². The number of carbonyl (C=O) groups is 1. The molecule has 1 heterocycles. The molecule has 3 nitrogen and oxygen atoms in total. The Kier molecular flexibility index (Phi) is 5.44. The highest BCUT2D eigenvalue weighted by atomic mass is 16.1. The molecule has 0 spiro atoms. The van der Waals surface area contributed by atoms with Crippen molar-refractivity contribution in [1.29, 1.82) is 0 Å². The second kappa shape index (κ2) is 8.50. The summed E-state index contributed by atoms with van der Waals surface area (Å²) in [6, 6.07) is 28.3. The monoisotopic (exact) mass is 364 g/mol. The van der Waals surface area contributed by atoms with Gasteiger partial charge in [-0.2, -0.15) is 0 Å². The third kappa shape index (κ3) is 4.10. The lowest BCUT2D eigenvalue weighted by molar-refractivity contribution is 0.0977.